The fourth-order valence-electron chi connectivity index (χ4n) is 1.46. The molecule has 1 aliphatic carbocycles. The summed E-state index contributed by atoms with van der Waals surface area (Å²) in [6, 6.07) is 2.66. The summed E-state index contributed by atoms with van der Waals surface area (Å²) in [5.41, 5.74) is -0.517. The van der Waals surface area contributed by atoms with Crippen LogP contribution in [-0.4, -0.2) is 24.7 Å². The van der Waals surface area contributed by atoms with E-state index in [1.54, 1.807) is 0 Å². The molecule has 0 heterocycles. The first-order valence-corrected chi connectivity index (χ1v) is 7.36. The van der Waals surface area contributed by atoms with Crippen molar-refractivity contribution in [3.8, 4) is 0 Å². The second-order valence-electron chi connectivity index (χ2n) is 3.93. The van der Waals surface area contributed by atoms with Crippen molar-refractivity contribution in [1.82, 2.24) is 0 Å². The first-order valence-electron chi connectivity index (χ1n) is 5.06. The number of nitrogens with one attached hydrogen (secondary N) is 1. The van der Waals surface area contributed by atoms with Crippen LogP contribution in [0.5, 0.6) is 0 Å². The molecule has 0 radical (unpaired) electrons. The Bertz CT molecular complexity index is 611. The smallest absolute Gasteiger partial charge is 0.339 e. The fraction of sp³-hybridized carbons (Fsp3) is 0.300. The van der Waals surface area contributed by atoms with Crippen molar-refractivity contribution < 1.29 is 18.3 Å². The third-order valence-corrected chi connectivity index (χ3v) is 4.99. The minimum atomic E-state index is -3.59. The molecule has 0 aromatic heterocycles. The minimum absolute atomic E-state index is 0.000949. The van der Waals surface area contributed by atoms with Gasteiger partial charge in [-0.05, 0) is 25.0 Å². The van der Waals surface area contributed by atoms with Gasteiger partial charge in [-0.2, -0.15) is 0 Å². The zero-order valence-electron chi connectivity index (χ0n) is 8.98. The van der Waals surface area contributed by atoms with Gasteiger partial charge in [-0.1, -0.05) is 23.2 Å². The molecule has 2 rings (SSSR count). The molecule has 0 atom stereocenters. The second kappa shape index (κ2) is 4.60. The SMILES string of the molecule is O=C(O)c1c(Cl)ccc(Cl)c1NS(=O)(=O)C1CC1. The first kappa shape index (κ1) is 13.5. The summed E-state index contributed by atoms with van der Waals surface area (Å²) < 4.78 is 25.8. The van der Waals surface area contributed by atoms with E-state index in [0.717, 1.165) is 0 Å². The quantitative estimate of drug-likeness (QED) is 0.895. The van der Waals surface area contributed by atoms with Crippen LogP contribution in [0, 0.1) is 0 Å². The predicted octanol–water partition coefficient (Wildman–Crippen LogP) is 2.60. The predicted molar refractivity (Wildman–Crippen MR) is 69.0 cm³/mol. The number of hydrogen-bond donors (Lipinski definition) is 2. The molecule has 98 valence electrons. The number of halogens is 2. The third kappa shape index (κ3) is 2.55. The molecule has 18 heavy (non-hydrogen) atoms. The zero-order chi connectivity index (χ0) is 13.5. The van der Waals surface area contributed by atoms with Crippen molar-refractivity contribution in [1.29, 1.82) is 0 Å². The molecule has 2 N–H and O–H groups in total. The second-order valence-corrected chi connectivity index (χ2v) is 6.71. The highest BCUT2D eigenvalue weighted by molar-refractivity contribution is 7.93. The molecular formula is C10H9Cl2NO4S. The number of carboxylic acid groups (broad SMARTS) is 1. The molecule has 1 saturated carbocycles. The molecule has 0 saturated heterocycles. The van der Waals surface area contributed by atoms with Gasteiger partial charge >= 0.3 is 5.97 Å². The highest BCUT2D eigenvalue weighted by Gasteiger charge is 2.37. The van der Waals surface area contributed by atoms with Gasteiger partial charge in [-0.25, -0.2) is 13.2 Å². The van der Waals surface area contributed by atoms with Gasteiger partial charge in [0.25, 0.3) is 0 Å². The van der Waals surface area contributed by atoms with Crippen LogP contribution in [0.2, 0.25) is 10.0 Å². The summed E-state index contributed by atoms with van der Waals surface area (Å²) in [5.74, 6) is -1.34. The van der Waals surface area contributed by atoms with Crippen molar-refractivity contribution in [2.75, 3.05) is 4.72 Å². The molecule has 1 aromatic carbocycles. The Hall–Kier alpha value is -0.980. The summed E-state index contributed by atoms with van der Waals surface area (Å²) in [6.07, 6.45) is 1.13. The van der Waals surface area contributed by atoms with Crippen LogP contribution >= 0.6 is 23.2 Å². The highest BCUT2D eigenvalue weighted by Crippen LogP contribution is 2.36. The first-order chi connectivity index (χ1) is 8.33. The largest absolute Gasteiger partial charge is 0.478 e. The topological polar surface area (TPSA) is 83.5 Å². The van der Waals surface area contributed by atoms with Crippen LogP contribution in [0.25, 0.3) is 0 Å². The van der Waals surface area contributed by atoms with E-state index < -0.39 is 21.2 Å². The van der Waals surface area contributed by atoms with Crippen LogP contribution < -0.4 is 4.72 Å². The number of aromatic carboxylic acids is 1. The van der Waals surface area contributed by atoms with Gasteiger partial charge in [0, 0.05) is 0 Å². The highest BCUT2D eigenvalue weighted by atomic mass is 35.5. The van der Waals surface area contributed by atoms with Crippen LogP contribution in [0.1, 0.15) is 23.2 Å². The van der Waals surface area contributed by atoms with Gasteiger partial charge < -0.3 is 5.11 Å². The summed E-state index contributed by atoms with van der Waals surface area (Å²) >= 11 is 11.6. The Morgan fingerprint density at radius 2 is 1.83 bits per heavy atom. The molecule has 8 heteroatoms. The Morgan fingerprint density at radius 1 is 1.28 bits per heavy atom. The van der Waals surface area contributed by atoms with Gasteiger partial charge in [0.05, 0.1) is 21.0 Å². The molecule has 5 nitrogen and oxygen atoms in total. The standard InChI is InChI=1S/C10H9Cl2NO4S/c11-6-3-4-7(12)9(8(6)10(14)15)13-18(16,17)5-1-2-5/h3-5,13H,1-2H2,(H,14,15). The molecule has 0 amide bonds. The normalized spacial score (nSPS) is 15.4. The zero-order valence-corrected chi connectivity index (χ0v) is 11.3. The monoisotopic (exact) mass is 309 g/mol. The Kier molecular flexibility index (Phi) is 3.44. The summed E-state index contributed by atoms with van der Waals surface area (Å²) in [7, 11) is -3.59. The van der Waals surface area contributed by atoms with Gasteiger partial charge in [0.2, 0.25) is 10.0 Å². The van der Waals surface area contributed by atoms with Crippen molar-refractivity contribution in [2.24, 2.45) is 0 Å². The lowest BCUT2D eigenvalue weighted by molar-refractivity contribution is 0.0698. The van der Waals surface area contributed by atoms with E-state index in [0.29, 0.717) is 12.8 Å². The number of sulfonamides is 1. The number of anilines is 1. The van der Waals surface area contributed by atoms with Crippen LogP contribution in [-0.2, 0) is 10.0 Å². The van der Waals surface area contributed by atoms with Crippen molar-refractivity contribution in [3.05, 3.63) is 27.7 Å². The van der Waals surface area contributed by atoms with E-state index in [2.05, 4.69) is 4.72 Å². The third-order valence-electron chi connectivity index (χ3n) is 2.53. The average molecular weight is 310 g/mol. The lowest BCUT2D eigenvalue weighted by Gasteiger charge is -2.12. The van der Waals surface area contributed by atoms with Gasteiger partial charge in [0.1, 0.15) is 5.56 Å². The molecule has 1 fully saturated rings. The van der Waals surface area contributed by atoms with E-state index in [1.165, 1.54) is 12.1 Å². The van der Waals surface area contributed by atoms with Crippen LogP contribution in [0.3, 0.4) is 0 Å². The van der Waals surface area contributed by atoms with Crippen molar-refractivity contribution in [2.45, 2.75) is 18.1 Å². The number of hydrogen-bond acceptors (Lipinski definition) is 3. The number of rotatable bonds is 4. The Morgan fingerprint density at radius 3 is 2.33 bits per heavy atom. The van der Waals surface area contributed by atoms with E-state index in [4.69, 9.17) is 28.3 Å². The Labute approximate surface area is 114 Å². The molecule has 1 aliphatic rings. The summed E-state index contributed by atoms with van der Waals surface area (Å²) in [6.45, 7) is 0. The molecule has 0 bridgehead atoms. The fourth-order valence-corrected chi connectivity index (χ4v) is 3.38. The van der Waals surface area contributed by atoms with E-state index >= 15 is 0 Å². The maximum absolute atomic E-state index is 11.8. The number of carbonyl (C=O) groups is 1. The van der Waals surface area contributed by atoms with Gasteiger partial charge in [0.15, 0.2) is 0 Å². The Balaban J connectivity index is 2.49. The lowest BCUT2D eigenvalue weighted by atomic mass is 10.2. The molecule has 0 aliphatic heterocycles. The van der Waals surface area contributed by atoms with Gasteiger partial charge in [-0.3, -0.25) is 4.72 Å². The minimum Gasteiger partial charge on any atom is -0.478 e. The molecule has 0 unspecified atom stereocenters. The number of carboxylic acids is 1. The van der Waals surface area contributed by atoms with Crippen molar-refractivity contribution >= 4 is 44.9 Å². The molecular weight excluding hydrogens is 301 g/mol. The lowest BCUT2D eigenvalue weighted by Crippen LogP contribution is -2.19. The summed E-state index contributed by atoms with van der Waals surface area (Å²) in [5, 5.41) is 8.50. The number of benzene rings is 1. The van der Waals surface area contributed by atoms with E-state index in [1.807, 2.05) is 0 Å². The van der Waals surface area contributed by atoms with Crippen molar-refractivity contribution in [3.63, 3.8) is 0 Å². The average Bonchev–Trinajstić information content (AvgIpc) is 3.06. The van der Waals surface area contributed by atoms with Crippen LogP contribution in [0.4, 0.5) is 5.69 Å². The maximum Gasteiger partial charge on any atom is 0.339 e. The maximum atomic E-state index is 11.8. The van der Waals surface area contributed by atoms with E-state index in [-0.39, 0.29) is 21.3 Å². The van der Waals surface area contributed by atoms with Gasteiger partial charge in [-0.15, -0.1) is 0 Å². The summed E-state index contributed by atoms with van der Waals surface area (Å²) in [4.78, 5) is 11.1. The van der Waals surface area contributed by atoms with E-state index in [9.17, 15) is 13.2 Å². The molecule has 1 aromatic rings. The molecule has 0 spiro atoms. The van der Waals surface area contributed by atoms with Crippen LogP contribution in [0.15, 0.2) is 12.1 Å².